The van der Waals surface area contributed by atoms with E-state index in [9.17, 15) is 14.0 Å². The first-order chi connectivity index (χ1) is 12.3. The molecular formula is C18H18FN5O2. The lowest BCUT2D eigenvalue weighted by Crippen LogP contribution is -2.39. The molecule has 0 fully saturated rings. The second-order valence-corrected chi connectivity index (χ2v) is 6.51. The molecule has 0 bridgehead atoms. The van der Waals surface area contributed by atoms with Crippen LogP contribution in [-0.4, -0.2) is 23.1 Å². The zero-order valence-electron chi connectivity index (χ0n) is 14.9. The molecule has 4 aromatic rings. The number of halogens is 1. The summed E-state index contributed by atoms with van der Waals surface area (Å²) in [7, 11) is 3.47. The first-order valence-electron chi connectivity index (χ1n) is 8.19. The van der Waals surface area contributed by atoms with Crippen LogP contribution in [0.25, 0.3) is 16.9 Å². The lowest BCUT2D eigenvalue weighted by molar-refractivity contribution is 0.623. The van der Waals surface area contributed by atoms with Crippen molar-refractivity contribution in [2.24, 2.45) is 14.1 Å². The van der Waals surface area contributed by atoms with Crippen LogP contribution in [-0.2, 0) is 20.6 Å². The molecule has 4 rings (SSSR count). The maximum atomic E-state index is 13.1. The van der Waals surface area contributed by atoms with Gasteiger partial charge < -0.3 is 4.57 Å². The van der Waals surface area contributed by atoms with E-state index < -0.39 is 11.2 Å². The SMILES string of the molecule is Cc1c(C)n2c3c(=O)n(Cc4ccc(F)cc4)c(=O)n(C)c3nc2n1C. The second kappa shape index (κ2) is 5.42. The van der Waals surface area contributed by atoms with E-state index in [4.69, 9.17) is 0 Å². The standard InChI is InChI=1S/C18H18FN5O2/c1-10-11(2)24-14-15(20-17(24)21(10)3)22(4)18(26)23(16(14)25)9-12-5-7-13(19)8-6-12/h5-8H,9H2,1-4H3. The van der Waals surface area contributed by atoms with Gasteiger partial charge in [0.05, 0.1) is 6.54 Å². The van der Waals surface area contributed by atoms with Crippen LogP contribution in [0, 0.1) is 19.7 Å². The Balaban J connectivity index is 2.07. The molecule has 0 aliphatic rings. The van der Waals surface area contributed by atoms with Crippen LogP contribution in [0.4, 0.5) is 4.39 Å². The molecule has 0 aliphatic heterocycles. The monoisotopic (exact) mass is 355 g/mol. The van der Waals surface area contributed by atoms with Gasteiger partial charge in [0.1, 0.15) is 5.82 Å². The molecule has 3 heterocycles. The average molecular weight is 355 g/mol. The van der Waals surface area contributed by atoms with Crippen LogP contribution in [0.2, 0.25) is 0 Å². The normalized spacial score (nSPS) is 11.7. The fourth-order valence-corrected chi connectivity index (χ4v) is 3.32. The smallest absolute Gasteiger partial charge is 0.317 e. The first-order valence-corrected chi connectivity index (χ1v) is 8.19. The molecule has 3 aromatic heterocycles. The number of hydrogen-bond acceptors (Lipinski definition) is 3. The Labute approximate surface area is 147 Å². The predicted octanol–water partition coefficient (Wildman–Crippen LogP) is 1.49. The summed E-state index contributed by atoms with van der Waals surface area (Å²) in [6, 6.07) is 5.75. The second-order valence-electron chi connectivity index (χ2n) is 6.51. The van der Waals surface area contributed by atoms with Gasteiger partial charge >= 0.3 is 5.69 Å². The largest absolute Gasteiger partial charge is 0.332 e. The van der Waals surface area contributed by atoms with Gasteiger partial charge in [-0.05, 0) is 31.5 Å². The quantitative estimate of drug-likeness (QED) is 0.547. The van der Waals surface area contributed by atoms with Crippen LogP contribution in [0.15, 0.2) is 33.9 Å². The van der Waals surface area contributed by atoms with Crippen molar-refractivity contribution in [1.29, 1.82) is 0 Å². The molecule has 0 N–H and O–H groups in total. The van der Waals surface area contributed by atoms with Crippen molar-refractivity contribution < 1.29 is 4.39 Å². The van der Waals surface area contributed by atoms with Crippen molar-refractivity contribution >= 4 is 16.9 Å². The molecule has 8 heteroatoms. The molecule has 0 amide bonds. The summed E-state index contributed by atoms with van der Waals surface area (Å²) < 4.78 is 19.3. The molecule has 0 unspecified atom stereocenters. The lowest BCUT2D eigenvalue weighted by atomic mass is 10.2. The molecule has 26 heavy (non-hydrogen) atoms. The number of aryl methyl sites for hydroxylation is 3. The molecular weight excluding hydrogens is 337 g/mol. The van der Waals surface area contributed by atoms with Crippen molar-refractivity contribution in [1.82, 2.24) is 23.1 Å². The van der Waals surface area contributed by atoms with Crippen LogP contribution < -0.4 is 11.2 Å². The fraction of sp³-hybridized carbons (Fsp3) is 0.278. The number of fused-ring (bicyclic) bond motifs is 3. The Morgan fingerprint density at radius 3 is 2.31 bits per heavy atom. The van der Waals surface area contributed by atoms with Gasteiger partial charge in [0.2, 0.25) is 5.78 Å². The fourth-order valence-electron chi connectivity index (χ4n) is 3.32. The summed E-state index contributed by atoms with van der Waals surface area (Å²) in [4.78, 5) is 30.3. The Morgan fingerprint density at radius 2 is 1.65 bits per heavy atom. The molecule has 0 atom stereocenters. The Morgan fingerprint density at radius 1 is 1.00 bits per heavy atom. The Bertz CT molecular complexity index is 1290. The zero-order chi connectivity index (χ0) is 18.7. The minimum absolute atomic E-state index is 0.0693. The average Bonchev–Trinajstić information content (AvgIpc) is 3.11. The van der Waals surface area contributed by atoms with Crippen LogP contribution in [0.3, 0.4) is 0 Å². The van der Waals surface area contributed by atoms with Gasteiger partial charge in [0.15, 0.2) is 11.2 Å². The van der Waals surface area contributed by atoms with E-state index in [1.807, 2.05) is 25.5 Å². The highest BCUT2D eigenvalue weighted by molar-refractivity contribution is 5.76. The third kappa shape index (κ3) is 2.08. The lowest BCUT2D eigenvalue weighted by Gasteiger charge is -2.08. The van der Waals surface area contributed by atoms with Crippen molar-refractivity contribution in [3.63, 3.8) is 0 Å². The third-order valence-electron chi connectivity index (χ3n) is 5.04. The van der Waals surface area contributed by atoms with E-state index in [0.29, 0.717) is 22.5 Å². The van der Waals surface area contributed by atoms with Crippen LogP contribution in [0.1, 0.15) is 17.0 Å². The summed E-state index contributed by atoms with van der Waals surface area (Å²) in [6.45, 7) is 3.94. The van der Waals surface area contributed by atoms with Gasteiger partial charge in [-0.15, -0.1) is 0 Å². The minimum Gasteiger partial charge on any atom is -0.317 e. The minimum atomic E-state index is -0.454. The van der Waals surface area contributed by atoms with Crippen molar-refractivity contribution in [2.75, 3.05) is 0 Å². The van der Waals surface area contributed by atoms with Crippen molar-refractivity contribution in [2.45, 2.75) is 20.4 Å². The molecule has 134 valence electrons. The molecule has 0 saturated carbocycles. The highest BCUT2D eigenvalue weighted by atomic mass is 19.1. The third-order valence-corrected chi connectivity index (χ3v) is 5.04. The van der Waals surface area contributed by atoms with E-state index >= 15 is 0 Å². The van der Waals surface area contributed by atoms with Crippen LogP contribution in [0.5, 0.6) is 0 Å². The highest BCUT2D eigenvalue weighted by Crippen LogP contribution is 2.19. The zero-order valence-corrected chi connectivity index (χ0v) is 14.9. The number of nitrogens with zero attached hydrogens (tertiary/aromatic N) is 5. The molecule has 0 saturated heterocycles. The van der Waals surface area contributed by atoms with E-state index in [1.165, 1.54) is 16.7 Å². The summed E-state index contributed by atoms with van der Waals surface area (Å²) in [5, 5.41) is 0. The molecule has 0 spiro atoms. The summed E-state index contributed by atoms with van der Waals surface area (Å²) in [6.07, 6.45) is 0. The van der Waals surface area contributed by atoms with Crippen molar-refractivity contribution in [3.05, 3.63) is 67.9 Å². The van der Waals surface area contributed by atoms with E-state index in [2.05, 4.69) is 4.98 Å². The van der Waals surface area contributed by atoms with Gasteiger partial charge in [0.25, 0.3) is 5.56 Å². The van der Waals surface area contributed by atoms with Gasteiger partial charge in [-0.2, -0.15) is 4.98 Å². The molecule has 1 aromatic carbocycles. The van der Waals surface area contributed by atoms with Gasteiger partial charge in [-0.25, -0.2) is 9.18 Å². The first kappa shape index (κ1) is 16.3. The number of aromatic nitrogens is 5. The maximum Gasteiger partial charge on any atom is 0.332 e. The van der Waals surface area contributed by atoms with E-state index in [1.54, 1.807) is 23.6 Å². The summed E-state index contributed by atoms with van der Waals surface area (Å²) in [5.74, 6) is 0.249. The van der Waals surface area contributed by atoms with Gasteiger partial charge in [-0.3, -0.25) is 18.3 Å². The van der Waals surface area contributed by atoms with E-state index in [0.717, 1.165) is 16.0 Å². The molecule has 0 radical (unpaired) electrons. The number of benzene rings is 1. The highest BCUT2D eigenvalue weighted by Gasteiger charge is 2.21. The molecule has 0 aliphatic carbocycles. The summed E-state index contributed by atoms with van der Waals surface area (Å²) >= 11 is 0. The number of hydrogen-bond donors (Lipinski definition) is 0. The predicted molar refractivity (Wildman–Crippen MR) is 96.1 cm³/mol. The Kier molecular flexibility index (Phi) is 3.40. The number of rotatable bonds is 2. The van der Waals surface area contributed by atoms with Gasteiger partial charge in [-0.1, -0.05) is 12.1 Å². The molecule has 7 nitrogen and oxygen atoms in total. The Hall–Kier alpha value is -3.16. The summed E-state index contributed by atoms with van der Waals surface area (Å²) in [5.41, 5.74) is 2.42. The number of imidazole rings is 2. The van der Waals surface area contributed by atoms with Gasteiger partial charge in [0, 0.05) is 25.5 Å². The van der Waals surface area contributed by atoms with Crippen LogP contribution >= 0.6 is 0 Å². The topological polar surface area (TPSA) is 66.2 Å². The van der Waals surface area contributed by atoms with Crippen molar-refractivity contribution in [3.8, 4) is 0 Å². The van der Waals surface area contributed by atoms with E-state index in [-0.39, 0.29) is 12.4 Å². The maximum absolute atomic E-state index is 13.1.